The monoisotopic (exact) mass is 401 g/mol. The summed E-state index contributed by atoms with van der Waals surface area (Å²) in [6.07, 6.45) is 0. The standard InChI is InChI=1S/C20H20FN3O3S/c1-26-15-3-5-16(6-4-15)27-13-19(25)23-8-10-24(11-9-23)20-22-17-7-2-14(21)12-18(17)28-20/h2-7,12H,8-11,13H2,1H3. The predicted octanol–water partition coefficient (Wildman–Crippen LogP) is 3.17. The summed E-state index contributed by atoms with van der Waals surface area (Å²) >= 11 is 1.47. The maximum absolute atomic E-state index is 13.4. The molecule has 2 aromatic carbocycles. The van der Waals surface area contributed by atoms with Crippen LogP contribution in [0.1, 0.15) is 0 Å². The molecular weight excluding hydrogens is 381 g/mol. The summed E-state index contributed by atoms with van der Waals surface area (Å²) in [6, 6.07) is 11.8. The molecule has 1 saturated heterocycles. The van der Waals surface area contributed by atoms with Crippen LogP contribution in [-0.2, 0) is 4.79 Å². The largest absolute Gasteiger partial charge is 0.497 e. The highest BCUT2D eigenvalue weighted by atomic mass is 32.1. The molecule has 1 aromatic heterocycles. The number of carbonyl (C=O) groups is 1. The maximum Gasteiger partial charge on any atom is 0.260 e. The Labute approximate surface area is 166 Å². The third kappa shape index (κ3) is 4.01. The molecule has 0 unspecified atom stereocenters. The van der Waals surface area contributed by atoms with E-state index in [1.807, 2.05) is 0 Å². The van der Waals surface area contributed by atoms with Crippen molar-refractivity contribution in [1.29, 1.82) is 0 Å². The van der Waals surface area contributed by atoms with Gasteiger partial charge in [0.25, 0.3) is 5.91 Å². The number of rotatable bonds is 5. The van der Waals surface area contributed by atoms with E-state index in [1.54, 1.807) is 42.3 Å². The van der Waals surface area contributed by atoms with Crippen LogP contribution in [0, 0.1) is 5.82 Å². The van der Waals surface area contributed by atoms with Crippen molar-refractivity contribution < 1.29 is 18.7 Å². The third-order valence-corrected chi connectivity index (χ3v) is 5.74. The van der Waals surface area contributed by atoms with Gasteiger partial charge >= 0.3 is 0 Å². The van der Waals surface area contributed by atoms with Crippen molar-refractivity contribution in [2.45, 2.75) is 0 Å². The van der Waals surface area contributed by atoms with Gasteiger partial charge in [-0.2, -0.15) is 0 Å². The van der Waals surface area contributed by atoms with Crippen molar-refractivity contribution in [3.8, 4) is 11.5 Å². The van der Waals surface area contributed by atoms with Crippen molar-refractivity contribution >= 4 is 32.6 Å². The van der Waals surface area contributed by atoms with E-state index < -0.39 is 0 Å². The second-order valence-corrected chi connectivity index (χ2v) is 7.45. The van der Waals surface area contributed by atoms with E-state index in [9.17, 15) is 9.18 Å². The number of fused-ring (bicyclic) bond motifs is 1. The lowest BCUT2D eigenvalue weighted by Gasteiger charge is -2.34. The quantitative estimate of drug-likeness (QED) is 0.657. The summed E-state index contributed by atoms with van der Waals surface area (Å²) in [5.74, 6) is 1.08. The summed E-state index contributed by atoms with van der Waals surface area (Å²) in [7, 11) is 1.60. The van der Waals surface area contributed by atoms with E-state index in [0.717, 1.165) is 21.1 Å². The number of benzene rings is 2. The molecule has 2 heterocycles. The number of methoxy groups -OCH3 is 1. The number of nitrogens with zero attached hydrogens (tertiary/aromatic N) is 3. The molecule has 0 aliphatic carbocycles. The van der Waals surface area contributed by atoms with Gasteiger partial charge in [-0.15, -0.1) is 0 Å². The maximum atomic E-state index is 13.4. The first-order valence-electron chi connectivity index (χ1n) is 8.98. The van der Waals surface area contributed by atoms with Gasteiger partial charge in [0.1, 0.15) is 17.3 Å². The van der Waals surface area contributed by atoms with E-state index in [1.165, 1.54) is 23.5 Å². The average Bonchev–Trinajstić information content (AvgIpc) is 3.15. The molecule has 0 spiro atoms. The van der Waals surface area contributed by atoms with E-state index in [-0.39, 0.29) is 18.3 Å². The van der Waals surface area contributed by atoms with E-state index in [2.05, 4.69) is 9.88 Å². The molecule has 1 aliphatic rings. The number of aromatic nitrogens is 1. The molecule has 28 heavy (non-hydrogen) atoms. The lowest BCUT2D eigenvalue weighted by molar-refractivity contribution is -0.133. The van der Waals surface area contributed by atoms with Gasteiger partial charge in [0.05, 0.1) is 17.3 Å². The number of hydrogen-bond donors (Lipinski definition) is 0. The Hall–Kier alpha value is -2.87. The average molecular weight is 401 g/mol. The van der Waals surface area contributed by atoms with Crippen LogP contribution in [0.5, 0.6) is 11.5 Å². The van der Waals surface area contributed by atoms with Crippen LogP contribution in [0.2, 0.25) is 0 Å². The number of halogens is 1. The van der Waals surface area contributed by atoms with Crippen LogP contribution in [0.15, 0.2) is 42.5 Å². The molecule has 0 atom stereocenters. The summed E-state index contributed by atoms with van der Waals surface area (Å²) in [5, 5.41) is 0.863. The minimum absolute atomic E-state index is 0.00669. The zero-order valence-corrected chi connectivity index (χ0v) is 16.2. The topological polar surface area (TPSA) is 54.9 Å². The predicted molar refractivity (Wildman–Crippen MR) is 107 cm³/mol. The Kier molecular flexibility index (Phi) is 5.29. The van der Waals surface area contributed by atoms with Crippen molar-refractivity contribution in [3.63, 3.8) is 0 Å². The Morgan fingerprint density at radius 1 is 1.11 bits per heavy atom. The zero-order chi connectivity index (χ0) is 19.5. The second kappa shape index (κ2) is 8.02. The van der Waals surface area contributed by atoms with Gasteiger partial charge in [-0.25, -0.2) is 9.37 Å². The van der Waals surface area contributed by atoms with Gasteiger partial charge in [-0.05, 0) is 42.5 Å². The smallest absolute Gasteiger partial charge is 0.260 e. The van der Waals surface area contributed by atoms with Crippen LogP contribution in [0.25, 0.3) is 10.2 Å². The first kappa shape index (κ1) is 18.5. The van der Waals surface area contributed by atoms with Gasteiger partial charge in [0.2, 0.25) is 0 Å². The van der Waals surface area contributed by atoms with Crippen molar-refractivity contribution in [1.82, 2.24) is 9.88 Å². The normalized spacial score (nSPS) is 14.4. The molecule has 1 aliphatic heterocycles. The SMILES string of the molecule is COc1ccc(OCC(=O)N2CCN(c3nc4ccc(F)cc4s3)CC2)cc1. The van der Waals surface area contributed by atoms with Crippen LogP contribution < -0.4 is 14.4 Å². The Balaban J connectivity index is 1.30. The van der Waals surface area contributed by atoms with Crippen LogP contribution in [0.4, 0.5) is 9.52 Å². The molecule has 6 nitrogen and oxygen atoms in total. The zero-order valence-electron chi connectivity index (χ0n) is 15.4. The fourth-order valence-electron chi connectivity index (χ4n) is 3.08. The van der Waals surface area contributed by atoms with Crippen LogP contribution in [-0.4, -0.2) is 55.7 Å². The number of anilines is 1. The van der Waals surface area contributed by atoms with E-state index in [0.29, 0.717) is 31.9 Å². The first-order valence-corrected chi connectivity index (χ1v) is 9.80. The van der Waals surface area contributed by atoms with Gasteiger partial charge < -0.3 is 19.3 Å². The summed E-state index contributed by atoms with van der Waals surface area (Å²) < 4.78 is 24.9. The molecule has 0 N–H and O–H groups in total. The molecule has 0 radical (unpaired) electrons. The molecule has 3 aromatic rings. The number of ether oxygens (including phenoxy) is 2. The molecule has 8 heteroatoms. The lowest BCUT2D eigenvalue weighted by Crippen LogP contribution is -2.50. The highest BCUT2D eigenvalue weighted by Gasteiger charge is 2.23. The van der Waals surface area contributed by atoms with Crippen molar-refractivity contribution in [2.24, 2.45) is 0 Å². The number of amides is 1. The lowest BCUT2D eigenvalue weighted by atomic mass is 10.3. The third-order valence-electron chi connectivity index (χ3n) is 4.66. The first-order chi connectivity index (χ1) is 13.6. The van der Waals surface area contributed by atoms with Gasteiger partial charge in [-0.3, -0.25) is 4.79 Å². The number of carbonyl (C=O) groups excluding carboxylic acids is 1. The van der Waals surface area contributed by atoms with E-state index >= 15 is 0 Å². The second-order valence-electron chi connectivity index (χ2n) is 6.44. The molecule has 146 valence electrons. The Morgan fingerprint density at radius 2 is 1.82 bits per heavy atom. The number of thiazole rings is 1. The summed E-state index contributed by atoms with van der Waals surface area (Å²) in [5.41, 5.74) is 0.799. The molecule has 1 fully saturated rings. The molecular formula is C20H20FN3O3S. The highest BCUT2D eigenvalue weighted by molar-refractivity contribution is 7.22. The highest BCUT2D eigenvalue weighted by Crippen LogP contribution is 2.29. The number of hydrogen-bond acceptors (Lipinski definition) is 6. The Morgan fingerprint density at radius 3 is 2.54 bits per heavy atom. The molecule has 0 bridgehead atoms. The minimum atomic E-state index is -0.255. The fourth-order valence-corrected chi connectivity index (χ4v) is 4.12. The van der Waals surface area contributed by atoms with Gasteiger partial charge in [-0.1, -0.05) is 11.3 Å². The minimum Gasteiger partial charge on any atom is -0.497 e. The van der Waals surface area contributed by atoms with Crippen molar-refractivity contribution in [3.05, 3.63) is 48.3 Å². The Bertz CT molecular complexity index is 968. The van der Waals surface area contributed by atoms with Crippen LogP contribution in [0.3, 0.4) is 0 Å². The summed E-state index contributed by atoms with van der Waals surface area (Å²) in [6.45, 7) is 2.60. The van der Waals surface area contributed by atoms with E-state index in [4.69, 9.17) is 9.47 Å². The molecule has 1 amide bonds. The molecule has 0 saturated carbocycles. The summed E-state index contributed by atoms with van der Waals surface area (Å²) in [4.78, 5) is 20.9. The van der Waals surface area contributed by atoms with Crippen molar-refractivity contribution in [2.75, 3.05) is 44.8 Å². The van der Waals surface area contributed by atoms with Crippen LogP contribution >= 0.6 is 11.3 Å². The fraction of sp³-hybridized carbons (Fsp3) is 0.300. The number of piperazine rings is 1. The van der Waals surface area contributed by atoms with Gasteiger partial charge in [0, 0.05) is 26.2 Å². The molecule has 4 rings (SSSR count). The van der Waals surface area contributed by atoms with Gasteiger partial charge in [0.15, 0.2) is 11.7 Å².